The molecule has 1 rings (SSSR count). The molecule has 1 aromatic heterocycles. The van der Waals surface area contributed by atoms with Gasteiger partial charge in [-0.2, -0.15) is 0 Å². The number of carbonyl (C=O) groups is 1. The molecule has 76 valence electrons. The number of nitrogens with two attached hydrogens (primary N) is 1. The molecule has 0 fully saturated rings. The summed E-state index contributed by atoms with van der Waals surface area (Å²) < 4.78 is 1.92. The summed E-state index contributed by atoms with van der Waals surface area (Å²) in [6, 6.07) is 3.38. The van der Waals surface area contributed by atoms with Crippen molar-refractivity contribution in [1.29, 1.82) is 0 Å². The van der Waals surface area contributed by atoms with Crippen LogP contribution in [-0.4, -0.2) is 10.5 Å². The predicted octanol–water partition coefficient (Wildman–Crippen LogP) is -0.00920. The first kappa shape index (κ1) is 10.9. The highest BCUT2D eigenvalue weighted by Gasteiger charge is 2.02. The normalized spacial score (nSPS) is 9.86. The minimum Gasteiger partial charge on any atom is -0.314 e. The lowest BCUT2D eigenvalue weighted by molar-refractivity contribution is -0.121. The predicted molar refractivity (Wildman–Crippen MR) is 55.3 cm³/mol. The first-order chi connectivity index (χ1) is 6.65. The molecule has 0 aliphatic heterocycles. The number of aromatic nitrogens is 1. The van der Waals surface area contributed by atoms with Gasteiger partial charge in [0, 0.05) is 19.2 Å². The van der Waals surface area contributed by atoms with Crippen LogP contribution in [0, 0.1) is 0 Å². The fraction of sp³-hybridized carbons (Fsp3) is 0.250. The Kier molecular flexibility index (Phi) is 3.84. The van der Waals surface area contributed by atoms with Gasteiger partial charge >= 0.3 is 0 Å². The maximum absolute atomic E-state index is 11.4. The maximum Gasteiger partial charge on any atom is 0.264 e. The highest BCUT2D eigenvalue weighted by Crippen LogP contribution is 2.00. The average Bonchev–Trinajstić information content (AvgIpc) is 2.20. The van der Waals surface area contributed by atoms with Gasteiger partial charge in [0.05, 0.1) is 4.47 Å². The van der Waals surface area contributed by atoms with Crippen molar-refractivity contribution >= 4 is 21.8 Å². The summed E-state index contributed by atoms with van der Waals surface area (Å²) in [5.74, 6) is 4.61. The van der Waals surface area contributed by atoms with Crippen LogP contribution in [0.25, 0.3) is 0 Å². The maximum atomic E-state index is 11.4. The number of nitrogens with one attached hydrogen (secondary N) is 1. The Morgan fingerprint density at radius 3 is 3.00 bits per heavy atom. The fourth-order valence-electron chi connectivity index (χ4n) is 0.978. The van der Waals surface area contributed by atoms with Crippen LogP contribution >= 0.6 is 15.9 Å². The summed E-state index contributed by atoms with van der Waals surface area (Å²) in [5, 5.41) is 0. The third-order valence-corrected chi connectivity index (χ3v) is 2.32. The molecule has 0 saturated heterocycles. The Balaban J connectivity index is 2.73. The van der Waals surface area contributed by atoms with Crippen LogP contribution in [0.5, 0.6) is 0 Å². The standard InChI is InChI=1S/C8H10BrN3O2/c9-6-2-1-4-12(8(6)14)5-3-7(13)11-10/h1-2,4H,3,5,10H2,(H,11,13). The van der Waals surface area contributed by atoms with Crippen LogP contribution < -0.4 is 16.8 Å². The van der Waals surface area contributed by atoms with E-state index in [0.717, 1.165) is 0 Å². The van der Waals surface area contributed by atoms with Crippen LogP contribution in [0.15, 0.2) is 27.6 Å². The van der Waals surface area contributed by atoms with Gasteiger partial charge in [-0.15, -0.1) is 0 Å². The molecule has 0 saturated carbocycles. The zero-order valence-electron chi connectivity index (χ0n) is 7.37. The van der Waals surface area contributed by atoms with Gasteiger partial charge in [0.1, 0.15) is 0 Å². The van der Waals surface area contributed by atoms with E-state index < -0.39 is 0 Å². The number of hydrogen-bond donors (Lipinski definition) is 2. The molecule has 0 spiro atoms. The van der Waals surface area contributed by atoms with Gasteiger partial charge in [-0.25, -0.2) is 5.84 Å². The van der Waals surface area contributed by atoms with Gasteiger partial charge in [0.2, 0.25) is 5.91 Å². The van der Waals surface area contributed by atoms with Crippen LogP contribution in [0.3, 0.4) is 0 Å². The lowest BCUT2D eigenvalue weighted by atomic mass is 10.4. The van der Waals surface area contributed by atoms with Crippen molar-refractivity contribution in [3.63, 3.8) is 0 Å². The summed E-state index contributed by atoms with van der Waals surface area (Å²) in [6.07, 6.45) is 1.81. The van der Waals surface area contributed by atoms with Gasteiger partial charge in [-0.05, 0) is 28.1 Å². The Morgan fingerprint density at radius 2 is 2.36 bits per heavy atom. The molecule has 0 aliphatic carbocycles. The van der Waals surface area contributed by atoms with E-state index in [2.05, 4.69) is 15.9 Å². The van der Waals surface area contributed by atoms with Crippen molar-refractivity contribution in [1.82, 2.24) is 9.99 Å². The SMILES string of the molecule is NNC(=O)CCn1cccc(Br)c1=O. The van der Waals surface area contributed by atoms with Crippen molar-refractivity contribution < 1.29 is 4.79 Å². The highest BCUT2D eigenvalue weighted by molar-refractivity contribution is 9.10. The van der Waals surface area contributed by atoms with Crippen molar-refractivity contribution in [2.75, 3.05) is 0 Å². The number of nitrogens with zero attached hydrogens (tertiary/aromatic N) is 1. The topological polar surface area (TPSA) is 77.1 Å². The summed E-state index contributed by atoms with van der Waals surface area (Å²) in [5.41, 5.74) is 1.85. The first-order valence-corrected chi connectivity index (χ1v) is 4.79. The molecule has 0 atom stereocenters. The molecule has 1 heterocycles. The van der Waals surface area contributed by atoms with E-state index in [1.807, 2.05) is 5.43 Å². The minimum atomic E-state index is -0.295. The Bertz CT molecular complexity index is 388. The number of hydrazine groups is 1. The van der Waals surface area contributed by atoms with E-state index in [9.17, 15) is 9.59 Å². The molecular formula is C8H10BrN3O2. The summed E-state index contributed by atoms with van der Waals surface area (Å²) >= 11 is 3.11. The molecule has 6 heteroatoms. The zero-order valence-corrected chi connectivity index (χ0v) is 8.95. The quantitative estimate of drug-likeness (QED) is 0.456. The number of rotatable bonds is 3. The van der Waals surface area contributed by atoms with E-state index in [0.29, 0.717) is 11.0 Å². The molecule has 0 unspecified atom stereocenters. The van der Waals surface area contributed by atoms with Gasteiger partial charge in [0.25, 0.3) is 5.56 Å². The highest BCUT2D eigenvalue weighted by atomic mass is 79.9. The molecule has 1 aromatic rings. The molecule has 0 aliphatic rings. The van der Waals surface area contributed by atoms with Crippen molar-refractivity contribution in [2.45, 2.75) is 13.0 Å². The minimum absolute atomic E-state index is 0.155. The molecular weight excluding hydrogens is 250 g/mol. The molecule has 1 amide bonds. The van der Waals surface area contributed by atoms with Crippen LogP contribution in [-0.2, 0) is 11.3 Å². The van der Waals surface area contributed by atoms with Gasteiger partial charge in [-0.3, -0.25) is 15.0 Å². The number of hydrogen-bond acceptors (Lipinski definition) is 3. The van der Waals surface area contributed by atoms with Crippen molar-refractivity contribution in [2.24, 2.45) is 5.84 Å². The molecule has 5 nitrogen and oxygen atoms in total. The number of amides is 1. The second-order valence-electron chi connectivity index (χ2n) is 2.67. The van der Waals surface area contributed by atoms with Gasteiger partial charge < -0.3 is 4.57 Å². The summed E-state index contributed by atoms with van der Waals surface area (Å²) in [6.45, 7) is 0.321. The van der Waals surface area contributed by atoms with E-state index >= 15 is 0 Å². The molecule has 0 radical (unpaired) electrons. The average molecular weight is 260 g/mol. The Hall–Kier alpha value is -1.14. The smallest absolute Gasteiger partial charge is 0.264 e. The lowest BCUT2D eigenvalue weighted by Gasteiger charge is -2.04. The molecule has 3 N–H and O–H groups in total. The number of carbonyl (C=O) groups excluding carboxylic acids is 1. The molecule has 0 bridgehead atoms. The number of pyridine rings is 1. The van der Waals surface area contributed by atoms with Crippen LogP contribution in [0.4, 0.5) is 0 Å². The van der Waals surface area contributed by atoms with E-state index in [4.69, 9.17) is 5.84 Å². The third-order valence-electron chi connectivity index (χ3n) is 1.71. The zero-order chi connectivity index (χ0) is 10.6. The first-order valence-electron chi connectivity index (χ1n) is 3.99. The van der Waals surface area contributed by atoms with Crippen LogP contribution in [0.1, 0.15) is 6.42 Å². The fourth-order valence-corrected chi connectivity index (χ4v) is 1.36. The largest absolute Gasteiger partial charge is 0.314 e. The van der Waals surface area contributed by atoms with E-state index in [-0.39, 0.29) is 17.9 Å². The van der Waals surface area contributed by atoms with E-state index in [1.54, 1.807) is 18.3 Å². The summed E-state index contributed by atoms with van der Waals surface area (Å²) in [4.78, 5) is 22.2. The number of halogens is 1. The van der Waals surface area contributed by atoms with Crippen LogP contribution in [0.2, 0.25) is 0 Å². The number of aryl methyl sites for hydroxylation is 1. The molecule has 0 aromatic carbocycles. The van der Waals surface area contributed by atoms with Crippen molar-refractivity contribution in [3.05, 3.63) is 33.2 Å². The monoisotopic (exact) mass is 259 g/mol. The summed E-state index contributed by atoms with van der Waals surface area (Å²) in [7, 11) is 0. The Morgan fingerprint density at radius 1 is 1.64 bits per heavy atom. The second kappa shape index (κ2) is 4.92. The van der Waals surface area contributed by atoms with E-state index in [1.165, 1.54) is 4.57 Å². The molecule has 14 heavy (non-hydrogen) atoms. The second-order valence-corrected chi connectivity index (χ2v) is 3.53. The Labute approximate surface area is 89.0 Å². The van der Waals surface area contributed by atoms with Gasteiger partial charge in [-0.1, -0.05) is 0 Å². The third kappa shape index (κ3) is 2.68. The van der Waals surface area contributed by atoms with Crippen molar-refractivity contribution in [3.8, 4) is 0 Å². The lowest BCUT2D eigenvalue weighted by Crippen LogP contribution is -2.32. The van der Waals surface area contributed by atoms with Gasteiger partial charge in [0.15, 0.2) is 0 Å².